The van der Waals surface area contributed by atoms with Gasteiger partial charge in [-0.15, -0.1) is 0 Å². The fourth-order valence-corrected chi connectivity index (χ4v) is 6.90. The molecular formula is C27H30F2N2O5S. The van der Waals surface area contributed by atoms with Crippen molar-refractivity contribution < 1.29 is 31.5 Å². The highest BCUT2D eigenvalue weighted by atomic mass is 32.2. The van der Waals surface area contributed by atoms with Crippen molar-refractivity contribution in [1.82, 2.24) is 4.98 Å². The molecule has 2 aliphatic heterocycles. The predicted octanol–water partition coefficient (Wildman–Crippen LogP) is 4.86. The average Bonchev–Trinajstić information content (AvgIpc) is 3.40. The fraction of sp³-hybridized carbons (Fsp3) is 0.519. The van der Waals surface area contributed by atoms with Gasteiger partial charge in [0.25, 0.3) is 5.92 Å². The Balaban J connectivity index is 1.37. The second kappa shape index (κ2) is 8.58. The van der Waals surface area contributed by atoms with Gasteiger partial charge in [-0.2, -0.15) is 0 Å². The van der Waals surface area contributed by atoms with Gasteiger partial charge in [-0.05, 0) is 61.9 Å². The van der Waals surface area contributed by atoms with Gasteiger partial charge >= 0.3 is 0 Å². The van der Waals surface area contributed by atoms with Gasteiger partial charge in [0, 0.05) is 30.7 Å². The van der Waals surface area contributed by atoms with Gasteiger partial charge in [0.15, 0.2) is 5.78 Å². The number of ketones is 1. The van der Waals surface area contributed by atoms with Crippen molar-refractivity contribution in [3.63, 3.8) is 0 Å². The van der Waals surface area contributed by atoms with Crippen LogP contribution in [0.4, 0.5) is 20.3 Å². The maximum atomic E-state index is 13.5. The molecule has 0 N–H and O–H groups in total. The van der Waals surface area contributed by atoms with E-state index in [9.17, 15) is 26.8 Å². The van der Waals surface area contributed by atoms with Crippen LogP contribution in [0.1, 0.15) is 62.4 Å². The van der Waals surface area contributed by atoms with Gasteiger partial charge in [0.05, 0.1) is 35.1 Å². The molecule has 1 unspecified atom stereocenters. The van der Waals surface area contributed by atoms with Gasteiger partial charge in [-0.25, -0.2) is 22.2 Å². The Hall–Kier alpha value is -2.88. The lowest BCUT2D eigenvalue weighted by molar-refractivity contribution is -0.121. The van der Waals surface area contributed by atoms with Crippen molar-refractivity contribution in [1.29, 1.82) is 0 Å². The first-order valence-corrected chi connectivity index (χ1v) is 14.2. The lowest BCUT2D eigenvalue weighted by Gasteiger charge is -2.32. The molecule has 198 valence electrons. The number of aromatic nitrogens is 1. The monoisotopic (exact) mass is 532 g/mol. The first kappa shape index (κ1) is 25.8. The Bertz CT molecular complexity index is 1370. The van der Waals surface area contributed by atoms with Crippen LogP contribution in [0.5, 0.6) is 5.75 Å². The number of hydrogen-bond acceptors (Lipinski definition) is 6. The summed E-state index contributed by atoms with van der Waals surface area (Å²) < 4.78 is 55.6. The van der Waals surface area contributed by atoms with E-state index in [0.717, 1.165) is 0 Å². The van der Waals surface area contributed by atoms with Crippen molar-refractivity contribution in [2.75, 3.05) is 23.0 Å². The normalized spacial score (nSPS) is 24.4. The van der Waals surface area contributed by atoms with Crippen molar-refractivity contribution in [2.45, 2.75) is 57.8 Å². The zero-order valence-corrected chi connectivity index (χ0v) is 21.9. The molecule has 0 radical (unpaired) electrons. The number of rotatable bonds is 7. The van der Waals surface area contributed by atoms with E-state index in [1.165, 1.54) is 11.1 Å². The molecule has 1 aromatic heterocycles. The summed E-state index contributed by atoms with van der Waals surface area (Å²) in [5, 5.41) is 0. The minimum Gasteiger partial charge on any atom is -0.493 e. The number of nitrogens with zero attached hydrogens (tertiary/aromatic N) is 2. The molecule has 37 heavy (non-hydrogen) atoms. The molecule has 2 aromatic rings. The molecule has 3 heterocycles. The van der Waals surface area contributed by atoms with Gasteiger partial charge in [0.2, 0.25) is 5.91 Å². The number of hydrogen-bond donors (Lipinski definition) is 0. The summed E-state index contributed by atoms with van der Waals surface area (Å²) in [5.41, 5.74) is 0.452. The third kappa shape index (κ3) is 4.87. The highest BCUT2D eigenvalue weighted by Gasteiger charge is 2.57. The third-order valence-electron chi connectivity index (χ3n) is 7.94. The van der Waals surface area contributed by atoms with E-state index in [0.29, 0.717) is 41.2 Å². The van der Waals surface area contributed by atoms with Crippen LogP contribution in [-0.4, -0.2) is 49.1 Å². The van der Waals surface area contributed by atoms with Crippen LogP contribution >= 0.6 is 0 Å². The van der Waals surface area contributed by atoms with E-state index >= 15 is 0 Å². The zero-order chi connectivity index (χ0) is 26.8. The van der Waals surface area contributed by atoms with Gasteiger partial charge in [0.1, 0.15) is 21.4 Å². The van der Waals surface area contributed by atoms with E-state index in [4.69, 9.17) is 4.74 Å². The van der Waals surface area contributed by atoms with Crippen molar-refractivity contribution >= 4 is 33.0 Å². The number of amides is 1. The summed E-state index contributed by atoms with van der Waals surface area (Å²) in [4.78, 5) is 32.5. The standard InChI is InChI=1S/C27H30F2N2O5S/c1-25(2)20-12-17(22(32)15-26(3)7-10-37(34,35)11-8-26)4-5-21(20)31(24(25)33)23-13-19(6-9-30-23)36-16-18-14-27(18,28)29/h4-6,9,12-13,18H,7-8,10-11,14-16H2,1-3H3. The summed E-state index contributed by atoms with van der Waals surface area (Å²) in [5.74, 6) is -2.94. The second-order valence-electron chi connectivity index (χ2n) is 11.4. The average molecular weight is 533 g/mol. The van der Waals surface area contributed by atoms with Crippen LogP contribution in [0, 0.1) is 11.3 Å². The number of ether oxygens (including phenoxy) is 1. The van der Waals surface area contributed by atoms with Crippen LogP contribution < -0.4 is 9.64 Å². The SMILES string of the molecule is CC1(CC(=O)c2ccc3c(c2)C(C)(C)C(=O)N3c2cc(OCC3CC3(F)F)ccn2)CCS(=O)(=O)CC1. The van der Waals surface area contributed by atoms with Crippen LogP contribution in [0.3, 0.4) is 0 Å². The van der Waals surface area contributed by atoms with E-state index in [1.807, 2.05) is 6.92 Å². The lowest BCUT2D eigenvalue weighted by Crippen LogP contribution is -2.33. The van der Waals surface area contributed by atoms with Gasteiger partial charge in [-0.1, -0.05) is 6.92 Å². The van der Waals surface area contributed by atoms with E-state index in [2.05, 4.69) is 4.98 Å². The molecule has 1 amide bonds. The van der Waals surface area contributed by atoms with Crippen LogP contribution in [0.15, 0.2) is 36.5 Å². The number of anilines is 2. The molecule has 1 aromatic carbocycles. The number of sulfone groups is 1. The number of alkyl halides is 2. The summed E-state index contributed by atoms with van der Waals surface area (Å²) in [7, 11) is -3.03. The van der Waals surface area contributed by atoms with Crippen molar-refractivity contribution in [2.24, 2.45) is 11.3 Å². The molecule has 10 heteroatoms. The lowest BCUT2D eigenvalue weighted by atomic mass is 9.78. The van der Waals surface area contributed by atoms with E-state index in [1.54, 1.807) is 44.2 Å². The molecule has 1 saturated carbocycles. The van der Waals surface area contributed by atoms with Crippen LogP contribution in [-0.2, 0) is 20.0 Å². The molecule has 7 nitrogen and oxygen atoms in total. The summed E-state index contributed by atoms with van der Waals surface area (Å²) in [6.07, 6.45) is 2.42. The largest absolute Gasteiger partial charge is 0.493 e. The van der Waals surface area contributed by atoms with Crippen LogP contribution in [0.2, 0.25) is 0 Å². The smallest absolute Gasteiger partial charge is 0.255 e. The number of pyridine rings is 1. The molecule has 5 rings (SSSR count). The summed E-state index contributed by atoms with van der Waals surface area (Å²) in [6, 6.07) is 8.27. The summed E-state index contributed by atoms with van der Waals surface area (Å²) in [6.45, 7) is 5.41. The minimum atomic E-state index is -3.03. The highest BCUT2D eigenvalue weighted by molar-refractivity contribution is 7.91. The van der Waals surface area contributed by atoms with Crippen molar-refractivity contribution in [3.05, 3.63) is 47.7 Å². The van der Waals surface area contributed by atoms with E-state index < -0.39 is 27.1 Å². The fourth-order valence-electron chi connectivity index (χ4n) is 5.09. The Morgan fingerprint density at radius 2 is 1.81 bits per heavy atom. The molecule has 1 atom stereocenters. The molecule has 3 aliphatic rings. The Morgan fingerprint density at radius 1 is 1.14 bits per heavy atom. The first-order chi connectivity index (χ1) is 17.2. The highest BCUT2D eigenvalue weighted by Crippen LogP contribution is 2.49. The minimum absolute atomic E-state index is 0.0864. The first-order valence-electron chi connectivity index (χ1n) is 12.4. The second-order valence-corrected chi connectivity index (χ2v) is 13.7. The van der Waals surface area contributed by atoms with Crippen LogP contribution in [0.25, 0.3) is 0 Å². The number of fused-ring (bicyclic) bond motifs is 1. The maximum absolute atomic E-state index is 13.5. The maximum Gasteiger partial charge on any atom is 0.255 e. The topological polar surface area (TPSA) is 93.6 Å². The molecule has 1 saturated heterocycles. The molecule has 1 aliphatic carbocycles. The van der Waals surface area contributed by atoms with Crippen molar-refractivity contribution in [3.8, 4) is 5.75 Å². The number of halogens is 2. The van der Waals surface area contributed by atoms with Gasteiger partial charge < -0.3 is 4.74 Å². The van der Waals surface area contributed by atoms with E-state index in [-0.39, 0.29) is 48.1 Å². The molecule has 0 bridgehead atoms. The molecular weight excluding hydrogens is 502 g/mol. The number of carbonyl (C=O) groups is 2. The Labute approximate surface area is 215 Å². The molecule has 2 fully saturated rings. The number of carbonyl (C=O) groups excluding carboxylic acids is 2. The Kier molecular flexibility index (Phi) is 5.97. The Morgan fingerprint density at radius 3 is 2.46 bits per heavy atom. The molecule has 0 spiro atoms. The third-order valence-corrected chi connectivity index (χ3v) is 9.60. The van der Waals surface area contributed by atoms with Gasteiger partial charge in [-0.3, -0.25) is 14.5 Å². The predicted molar refractivity (Wildman–Crippen MR) is 134 cm³/mol. The number of Topliss-reactive ketones (excluding diaryl/α,β-unsaturated/α-hetero) is 1. The summed E-state index contributed by atoms with van der Waals surface area (Å²) >= 11 is 0. The quantitative estimate of drug-likeness (QED) is 0.473. The zero-order valence-electron chi connectivity index (χ0n) is 21.1. The number of benzene rings is 1.